The number of hydrogen-bond donors (Lipinski definition) is 1. The summed E-state index contributed by atoms with van der Waals surface area (Å²) in [7, 11) is 0. The maximum Gasteiger partial charge on any atom is 0.235 e. The van der Waals surface area contributed by atoms with Crippen LogP contribution in [0.25, 0.3) is 0 Å². The van der Waals surface area contributed by atoms with Crippen molar-refractivity contribution in [3.05, 3.63) is 88.9 Å². The fraction of sp³-hybridized carbons (Fsp3) is 0.130. The highest BCUT2D eigenvalue weighted by Crippen LogP contribution is 2.34. The molecule has 1 heterocycles. The number of nitrogens with one attached hydrogen (secondary N) is 1. The van der Waals surface area contributed by atoms with E-state index in [0.717, 1.165) is 5.56 Å². The second-order valence-electron chi connectivity index (χ2n) is 6.67. The van der Waals surface area contributed by atoms with E-state index in [2.05, 4.69) is 5.32 Å². The lowest BCUT2D eigenvalue weighted by atomic mass is 9.90. The van der Waals surface area contributed by atoms with Crippen LogP contribution in [-0.4, -0.2) is 18.5 Å². The molecule has 0 saturated heterocycles. The Hall–Kier alpha value is -3.31. The first kappa shape index (κ1) is 19.0. The molecule has 29 heavy (non-hydrogen) atoms. The standard InChI is InChI=1S/C23H18ClNO4/c24-17-8-4-5-15(11-17)12-19(22(26)16-6-2-1-3-7-16)23(27)25-18-9-10-20-21(13-18)29-14-28-20/h1-11,13,19H,12,14H2,(H,25,27). The summed E-state index contributed by atoms with van der Waals surface area (Å²) >= 11 is 6.08. The minimum atomic E-state index is -0.902. The summed E-state index contributed by atoms with van der Waals surface area (Å²) in [5.41, 5.74) is 1.84. The quantitative estimate of drug-likeness (QED) is 0.473. The highest BCUT2D eigenvalue weighted by atomic mass is 35.5. The van der Waals surface area contributed by atoms with Crippen LogP contribution in [-0.2, 0) is 11.2 Å². The number of Topliss-reactive ketones (excluding diaryl/α,β-unsaturated/α-hetero) is 1. The van der Waals surface area contributed by atoms with Crippen LogP contribution in [0, 0.1) is 5.92 Å². The number of hydrogen-bond acceptors (Lipinski definition) is 4. The Morgan fingerprint density at radius 3 is 2.52 bits per heavy atom. The molecule has 1 N–H and O–H groups in total. The molecule has 1 unspecified atom stereocenters. The number of fused-ring (bicyclic) bond motifs is 1. The van der Waals surface area contributed by atoms with Gasteiger partial charge in [-0.25, -0.2) is 0 Å². The number of ether oxygens (including phenoxy) is 2. The van der Waals surface area contributed by atoms with E-state index in [-0.39, 0.29) is 19.0 Å². The van der Waals surface area contributed by atoms with Crippen molar-refractivity contribution in [2.45, 2.75) is 6.42 Å². The van der Waals surface area contributed by atoms with Gasteiger partial charge in [-0.2, -0.15) is 0 Å². The molecule has 0 fully saturated rings. The van der Waals surface area contributed by atoms with Crippen LogP contribution >= 0.6 is 11.6 Å². The first-order valence-electron chi connectivity index (χ1n) is 9.14. The van der Waals surface area contributed by atoms with Gasteiger partial charge in [0.15, 0.2) is 17.3 Å². The van der Waals surface area contributed by atoms with Crippen molar-refractivity contribution < 1.29 is 19.1 Å². The van der Waals surface area contributed by atoms with E-state index in [9.17, 15) is 9.59 Å². The van der Waals surface area contributed by atoms with Gasteiger partial charge in [0.25, 0.3) is 0 Å². The molecule has 6 heteroatoms. The van der Waals surface area contributed by atoms with Gasteiger partial charge in [-0.15, -0.1) is 0 Å². The fourth-order valence-corrected chi connectivity index (χ4v) is 3.42. The summed E-state index contributed by atoms with van der Waals surface area (Å²) in [5.74, 6) is -0.356. The zero-order valence-corrected chi connectivity index (χ0v) is 16.2. The molecule has 0 aromatic heterocycles. The highest BCUT2D eigenvalue weighted by molar-refractivity contribution is 6.30. The normalized spacial score (nSPS) is 13.0. The van der Waals surface area contributed by atoms with Crippen molar-refractivity contribution in [2.75, 3.05) is 12.1 Å². The zero-order valence-electron chi connectivity index (χ0n) is 15.4. The SMILES string of the molecule is O=C(Nc1ccc2c(c1)OCO2)C(Cc1cccc(Cl)c1)C(=O)c1ccccc1. The van der Waals surface area contributed by atoms with Crippen LogP contribution < -0.4 is 14.8 Å². The van der Waals surface area contributed by atoms with Crippen molar-refractivity contribution in [2.24, 2.45) is 5.92 Å². The molecule has 0 saturated carbocycles. The number of carbonyl (C=O) groups is 2. The third kappa shape index (κ3) is 4.41. The Labute approximate surface area is 173 Å². The van der Waals surface area contributed by atoms with Crippen molar-refractivity contribution in [3.63, 3.8) is 0 Å². The summed E-state index contributed by atoms with van der Waals surface area (Å²) in [6.07, 6.45) is 0.241. The molecular formula is C23H18ClNO4. The number of amides is 1. The maximum absolute atomic E-state index is 13.1. The average Bonchev–Trinajstić information content (AvgIpc) is 3.20. The van der Waals surface area contributed by atoms with Crippen molar-refractivity contribution in [3.8, 4) is 11.5 Å². The van der Waals surface area contributed by atoms with Gasteiger partial charge in [0.1, 0.15) is 5.92 Å². The van der Waals surface area contributed by atoms with Crippen LogP contribution in [0.5, 0.6) is 11.5 Å². The average molecular weight is 408 g/mol. The molecule has 5 nitrogen and oxygen atoms in total. The smallest absolute Gasteiger partial charge is 0.235 e. The largest absolute Gasteiger partial charge is 0.454 e. The number of halogens is 1. The molecule has 0 spiro atoms. The molecule has 1 amide bonds. The molecule has 1 aliphatic rings. The Kier molecular flexibility index (Phi) is 5.49. The van der Waals surface area contributed by atoms with Crippen molar-refractivity contribution in [1.29, 1.82) is 0 Å². The Bertz CT molecular complexity index is 1050. The number of anilines is 1. The molecule has 0 bridgehead atoms. The summed E-state index contributed by atoms with van der Waals surface area (Å²) in [5, 5.41) is 3.39. The van der Waals surface area contributed by atoms with Gasteiger partial charge >= 0.3 is 0 Å². The van der Waals surface area contributed by atoms with Crippen molar-refractivity contribution in [1.82, 2.24) is 0 Å². The third-order valence-corrected chi connectivity index (χ3v) is 4.90. The first-order chi connectivity index (χ1) is 14.1. The van der Waals surface area contributed by atoms with Gasteiger partial charge in [0, 0.05) is 22.3 Å². The predicted octanol–water partition coefficient (Wildman–Crippen LogP) is 4.75. The zero-order chi connectivity index (χ0) is 20.2. The lowest BCUT2D eigenvalue weighted by molar-refractivity contribution is -0.118. The van der Waals surface area contributed by atoms with E-state index in [4.69, 9.17) is 21.1 Å². The predicted molar refractivity (Wildman–Crippen MR) is 111 cm³/mol. The molecular weight excluding hydrogens is 390 g/mol. The molecule has 4 rings (SSSR count). The monoisotopic (exact) mass is 407 g/mol. The third-order valence-electron chi connectivity index (χ3n) is 4.66. The lowest BCUT2D eigenvalue weighted by Crippen LogP contribution is -2.31. The Morgan fingerprint density at radius 1 is 0.931 bits per heavy atom. The van der Waals surface area contributed by atoms with Crippen molar-refractivity contribution >= 4 is 29.0 Å². The van der Waals surface area contributed by atoms with E-state index < -0.39 is 11.8 Å². The molecule has 146 valence electrons. The summed E-state index contributed by atoms with van der Waals surface area (Å²) in [4.78, 5) is 26.2. The number of carbonyl (C=O) groups excluding carboxylic acids is 2. The maximum atomic E-state index is 13.1. The molecule has 3 aromatic carbocycles. The Morgan fingerprint density at radius 2 is 1.72 bits per heavy atom. The molecule has 1 atom stereocenters. The highest BCUT2D eigenvalue weighted by Gasteiger charge is 2.28. The van der Waals surface area contributed by atoms with Gasteiger partial charge in [-0.3, -0.25) is 9.59 Å². The summed E-state index contributed by atoms with van der Waals surface area (Å²) in [6, 6.07) is 21.1. The number of benzene rings is 3. The van der Waals surface area contributed by atoms with Gasteiger partial charge < -0.3 is 14.8 Å². The van der Waals surface area contributed by atoms with Gasteiger partial charge in [-0.1, -0.05) is 54.1 Å². The van der Waals surface area contributed by atoms with Crippen LogP contribution in [0.3, 0.4) is 0 Å². The van der Waals surface area contributed by atoms with Gasteiger partial charge in [0.05, 0.1) is 0 Å². The second kappa shape index (κ2) is 8.37. The summed E-state index contributed by atoms with van der Waals surface area (Å²) in [6.45, 7) is 0.149. The van der Waals surface area contributed by atoms with Crippen LogP contribution in [0.2, 0.25) is 5.02 Å². The minimum Gasteiger partial charge on any atom is -0.454 e. The van der Waals surface area contributed by atoms with Crippen LogP contribution in [0.15, 0.2) is 72.8 Å². The molecule has 0 radical (unpaired) electrons. The first-order valence-corrected chi connectivity index (χ1v) is 9.52. The Balaban J connectivity index is 1.60. The van der Waals surface area contributed by atoms with E-state index in [1.54, 1.807) is 60.7 Å². The van der Waals surface area contributed by atoms with E-state index in [1.165, 1.54) is 0 Å². The minimum absolute atomic E-state index is 0.149. The molecule has 1 aliphatic heterocycles. The number of ketones is 1. The van der Waals surface area contributed by atoms with Crippen LogP contribution in [0.1, 0.15) is 15.9 Å². The van der Waals surface area contributed by atoms with Gasteiger partial charge in [0.2, 0.25) is 12.7 Å². The topological polar surface area (TPSA) is 64.6 Å². The molecule has 3 aromatic rings. The summed E-state index contributed by atoms with van der Waals surface area (Å²) < 4.78 is 10.6. The van der Waals surface area contributed by atoms with Gasteiger partial charge in [-0.05, 0) is 36.2 Å². The molecule has 0 aliphatic carbocycles. The lowest BCUT2D eigenvalue weighted by Gasteiger charge is -2.17. The fourth-order valence-electron chi connectivity index (χ4n) is 3.21. The van der Waals surface area contributed by atoms with E-state index in [1.807, 2.05) is 12.1 Å². The number of rotatable bonds is 6. The van der Waals surface area contributed by atoms with Crippen LogP contribution in [0.4, 0.5) is 5.69 Å². The second-order valence-corrected chi connectivity index (χ2v) is 7.11. The van der Waals surface area contributed by atoms with E-state index >= 15 is 0 Å². The van der Waals surface area contributed by atoms with E-state index in [0.29, 0.717) is 27.8 Å².